The van der Waals surface area contributed by atoms with E-state index in [2.05, 4.69) is 5.32 Å². The molecule has 3 rings (SSSR count). The molecule has 3 atom stereocenters. The van der Waals surface area contributed by atoms with E-state index >= 15 is 0 Å². The van der Waals surface area contributed by atoms with Crippen LogP contribution in [0.5, 0.6) is 0 Å². The van der Waals surface area contributed by atoms with Crippen LogP contribution in [0.4, 0.5) is 0 Å². The quantitative estimate of drug-likeness (QED) is 0.847. The van der Waals surface area contributed by atoms with Gasteiger partial charge >= 0.3 is 0 Å². The molecule has 1 aromatic rings. The van der Waals surface area contributed by atoms with Crippen molar-refractivity contribution in [3.8, 4) is 0 Å². The van der Waals surface area contributed by atoms with Crippen molar-refractivity contribution in [2.45, 2.75) is 44.2 Å². The van der Waals surface area contributed by atoms with Crippen LogP contribution in [-0.4, -0.2) is 17.9 Å². The van der Waals surface area contributed by atoms with Gasteiger partial charge in [-0.25, -0.2) is 0 Å². The van der Waals surface area contributed by atoms with Gasteiger partial charge in [-0.1, -0.05) is 11.6 Å². The topological polar surface area (TPSA) is 29.1 Å². The number of ketones is 1. The second kappa shape index (κ2) is 5.02. The van der Waals surface area contributed by atoms with E-state index in [0.717, 1.165) is 18.4 Å². The van der Waals surface area contributed by atoms with Gasteiger partial charge < -0.3 is 5.32 Å². The maximum absolute atomic E-state index is 12.2. The van der Waals surface area contributed by atoms with Crippen molar-refractivity contribution in [1.82, 2.24) is 5.32 Å². The largest absolute Gasteiger partial charge is 0.311 e. The fraction of sp³-hybridized carbons (Fsp3) is 0.533. The minimum Gasteiger partial charge on any atom is -0.311 e. The lowest BCUT2D eigenvalue weighted by Crippen LogP contribution is -2.38. The zero-order chi connectivity index (χ0) is 12.5. The third-order valence-electron chi connectivity index (χ3n) is 4.21. The van der Waals surface area contributed by atoms with Gasteiger partial charge in [0.05, 0.1) is 0 Å². The number of rotatable bonds is 3. The van der Waals surface area contributed by atoms with Crippen LogP contribution in [0.25, 0.3) is 0 Å². The van der Waals surface area contributed by atoms with Gasteiger partial charge in [-0.05, 0) is 55.9 Å². The fourth-order valence-electron chi connectivity index (χ4n) is 3.36. The van der Waals surface area contributed by atoms with Crippen molar-refractivity contribution in [1.29, 1.82) is 0 Å². The molecule has 1 aromatic carbocycles. The fourth-order valence-corrected chi connectivity index (χ4v) is 3.48. The van der Waals surface area contributed by atoms with E-state index in [-0.39, 0.29) is 5.78 Å². The number of nitrogens with one attached hydrogen (secondary N) is 1. The van der Waals surface area contributed by atoms with E-state index < -0.39 is 0 Å². The van der Waals surface area contributed by atoms with E-state index in [9.17, 15) is 4.79 Å². The first kappa shape index (κ1) is 12.2. The molecule has 0 aliphatic carbocycles. The number of benzene rings is 1. The van der Waals surface area contributed by atoms with E-state index in [0.29, 0.717) is 29.4 Å². The monoisotopic (exact) mass is 263 g/mol. The third-order valence-corrected chi connectivity index (χ3v) is 4.46. The number of halogens is 1. The first-order valence-corrected chi connectivity index (χ1v) is 7.13. The summed E-state index contributed by atoms with van der Waals surface area (Å²) >= 11 is 5.84. The summed E-state index contributed by atoms with van der Waals surface area (Å²) in [6, 6.07) is 8.57. The van der Waals surface area contributed by atoms with Crippen LogP contribution in [0.2, 0.25) is 5.02 Å². The summed E-state index contributed by atoms with van der Waals surface area (Å²) in [5, 5.41) is 4.30. The molecule has 0 amide bonds. The molecular formula is C15H18ClNO. The van der Waals surface area contributed by atoms with Gasteiger partial charge in [0.1, 0.15) is 0 Å². The van der Waals surface area contributed by atoms with Crippen molar-refractivity contribution < 1.29 is 4.79 Å². The van der Waals surface area contributed by atoms with Crippen LogP contribution < -0.4 is 5.32 Å². The molecule has 0 saturated carbocycles. The average molecular weight is 264 g/mol. The third kappa shape index (κ3) is 2.60. The molecule has 0 radical (unpaired) electrons. The Kier molecular flexibility index (Phi) is 3.40. The van der Waals surface area contributed by atoms with E-state index in [1.54, 1.807) is 12.1 Å². The van der Waals surface area contributed by atoms with Crippen LogP contribution in [0.3, 0.4) is 0 Å². The summed E-state index contributed by atoms with van der Waals surface area (Å²) in [6.07, 6.45) is 5.59. The number of carbonyl (C=O) groups is 1. The van der Waals surface area contributed by atoms with Crippen LogP contribution in [0.1, 0.15) is 42.5 Å². The standard InChI is InChI=1S/C15H18ClNO/c16-12-3-1-11(2-4-12)15(18)9-10-7-13-5-6-14(8-10)17-13/h1-4,10,13-14,17H,5-9H2/t10-,13-,14+. The lowest BCUT2D eigenvalue weighted by molar-refractivity contribution is 0.0945. The lowest BCUT2D eigenvalue weighted by atomic mass is 9.87. The Hall–Kier alpha value is -0.860. The first-order chi connectivity index (χ1) is 8.70. The van der Waals surface area contributed by atoms with E-state index in [4.69, 9.17) is 11.6 Å². The summed E-state index contributed by atoms with van der Waals surface area (Å²) < 4.78 is 0. The second-order valence-electron chi connectivity index (χ2n) is 5.61. The predicted molar refractivity (Wildman–Crippen MR) is 73.1 cm³/mol. The minimum absolute atomic E-state index is 0.262. The smallest absolute Gasteiger partial charge is 0.163 e. The Labute approximate surface area is 113 Å². The highest BCUT2D eigenvalue weighted by molar-refractivity contribution is 6.30. The van der Waals surface area contributed by atoms with Crippen LogP contribution in [0.15, 0.2) is 24.3 Å². The molecule has 2 bridgehead atoms. The molecule has 2 saturated heterocycles. The van der Waals surface area contributed by atoms with Gasteiger partial charge in [0.25, 0.3) is 0 Å². The molecular weight excluding hydrogens is 246 g/mol. The van der Waals surface area contributed by atoms with Crippen LogP contribution >= 0.6 is 11.6 Å². The number of carbonyl (C=O) groups excluding carboxylic acids is 1. The van der Waals surface area contributed by atoms with E-state index in [1.807, 2.05) is 12.1 Å². The molecule has 2 heterocycles. The maximum atomic E-state index is 12.2. The number of piperidine rings is 1. The summed E-state index contributed by atoms with van der Waals surface area (Å²) in [5.41, 5.74) is 0.797. The Balaban J connectivity index is 1.62. The Morgan fingerprint density at radius 2 is 1.78 bits per heavy atom. The molecule has 2 aliphatic rings. The molecule has 0 spiro atoms. The summed E-state index contributed by atoms with van der Waals surface area (Å²) in [7, 11) is 0. The SMILES string of the molecule is O=C(C[C@@H]1C[C@H]2CC[C@@H](C1)N2)c1ccc(Cl)cc1. The minimum atomic E-state index is 0.262. The Bertz CT molecular complexity index is 430. The molecule has 96 valence electrons. The van der Waals surface area contributed by atoms with Crippen molar-refractivity contribution >= 4 is 17.4 Å². The van der Waals surface area contributed by atoms with E-state index in [1.165, 1.54) is 12.8 Å². The summed E-state index contributed by atoms with van der Waals surface area (Å²) in [6.45, 7) is 0. The number of Topliss-reactive ketones (excluding diaryl/α,β-unsaturated/α-hetero) is 1. The molecule has 0 aromatic heterocycles. The van der Waals surface area contributed by atoms with Crippen molar-refractivity contribution in [2.75, 3.05) is 0 Å². The molecule has 1 N–H and O–H groups in total. The van der Waals surface area contributed by atoms with Gasteiger partial charge in [0, 0.05) is 29.1 Å². The second-order valence-corrected chi connectivity index (χ2v) is 6.05. The van der Waals surface area contributed by atoms with Gasteiger partial charge in [-0.3, -0.25) is 4.79 Å². The molecule has 2 fully saturated rings. The Morgan fingerprint density at radius 1 is 1.17 bits per heavy atom. The van der Waals surface area contributed by atoms with Gasteiger partial charge in [-0.2, -0.15) is 0 Å². The van der Waals surface area contributed by atoms with Crippen molar-refractivity contribution in [3.05, 3.63) is 34.9 Å². The predicted octanol–water partition coefficient (Wildman–Crippen LogP) is 3.44. The highest BCUT2D eigenvalue weighted by Gasteiger charge is 2.34. The van der Waals surface area contributed by atoms with Gasteiger partial charge in [-0.15, -0.1) is 0 Å². The maximum Gasteiger partial charge on any atom is 0.163 e. The average Bonchev–Trinajstić information content (AvgIpc) is 2.69. The zero-order valence-corrected chi connectivity index (χ0v) is 11.1. The highest BCUT2D eigenvalue weighted by atomic mass is 35.5. The van der Waals surface area contributed by atoms with Crippen molar-refractivity contribution in [3.63, 3.8) is 0 Å². The number of fused-ring (bicyclic) bond motifs is 2. The van der Waals surface area contributed by atoms with Gasteiger partial charge in [0.2, 0.25) is 0 Å². The molecule has 0 unspecified atom stereocenters. The normalized spacial score (nSPS) is 30.4. The zero-order valence-electron chi connectivity index (χ0n) is 10.4. The molecule has 3 heteroatoms. The summed E-state index contributed by atoms with van der Waals surface area (Å²) in [5.74, 6) is 0.824. The van der Waals surface area contributed by atoms with Crippen molar-refractivity contribution in [2.24, 2.45) is 5.92 Å². The molecule has 18 heavy (non-hydrogen) atoms. The van der Waals surface area contributed by atoms with Crippen LogP contribution in [0, 0.1) is 5.92 Å². The molecule has 2 aliphatic heterocycles. The highest BCUT2D eigenvalue weighted by Crippen LogP contribution is 2.33. The summed E-state index contributed by atoms with van der Waals surface area (Å²) in [4.78, 5) is 12.2. The Morgan fingerprint density at radius 3 is 2.39 bits per heavy atom. The molecule has 2 nitrogen and oxygen atoms in total. The number of hydrogen-bond donors (Lipinski definition) is 1. The number of hydrogen-bond acceptors (Lipinski definition) is 2. The van der Waals surface area contributed by atoms with Crippen LogP contribution in [-0.2, 0) is 0 Å². The lowest BCUT2D eigenvalue weighted by Gasteiger charge is -2.28. The van der Waals surface area contributed by atoms with Gasteiger partial charge in [0.15, 0.2) is 5.78 Å². The first-order valence-electron chi connectivity index (χ1n) is 6.75.